The lowest BCUT2D eigenvalue weighted by Gasteiger charge is -2.29. The number of nitrogens with two attached hydrogens (primary N) is 2. The van der Waals surface area contributed by atoms with Gasteiger partial charge in [0.1, 0.15) is 0 Å². The molecule has 1 aromatic carbocycles. The summed E-state index contributed by atoms with van der Waals surface area (Å²) in [6.45, 7) is 7.50. The van der Waals surface area contributed by atoms with E-state index in [1.165, 1.54) is 115 Å². The molecule has 4 N–H and O–H groups in total. The fourth-order valence-electron chi connectivity index (χ4n) is 7.53. The van der Waals surface area contributed by atoms with Gasteiger partial charge in [-0.1, -0.05) is 97.1 Å². The third-order valence-electron chi connectivity index (χ3n) is 10.5. The zero-order chi connectivity index (χ0) is 29.5. The van der Waals surface area contributed by atoms with Gasteiger partial charge in [-0.25, -0.2) is 4.39 Å². The lowest BCUT2D eigenvalue weighted by Crippen LogP contribution is -2.16. The predicted octanol–water partition coefficient (Wildman–Crippen LogP) is 11.1. The van der Waals surface area contributed by atoms with Gasteiger partial charge in [0.15, 0.2) is 11.6 Å². The number of nitrogen functional groups attached to an aromatic ring is 2. The summed E-state index contributed by atoms with van der Waals surface area (Å²) in [6, 6.07) is 2.84. The van der Waals surface area contributed by atoms with Gasteiger partial charge in [0.2, 0.25) is 0 Å². The van der Waals surface area contributed by atoms with E-state index in [0.717, 1.165) is 42.4 Å². The summed E-state index contributed by atoms with van der Waals surface area (Å²) >= 11 is 0. The van der Waals surface area contributed by atoms with E-state index in [1.54, 1.807) is 6.07 Å². The maximum Gasteiger partial charge on any atom is 0.177 e. The van der Waals surface area contributed by atoms with Crippen LogP contribution in [0.2, 0.25) is 0 Å². The first-order valence-electron chi connectivity index (χ1n) is 17.5. The Kier molecular flexibility index (Phi) is 15.5. The van der Waals surface area contributed by atoms with Gasteiger partial charge in [-0.2, -0.15) is 0 Å². The fourth-order valence-corrected chi connectivity index (χ4v) is 7.53. The number of hydrogen-bond donors (Lipinski definition) is 2. The van der Waals surface area contributed by atoms with Gasteiger partial charge in [0.05, 0.1) is 12.3 Å². The molecular weight excluding hydrogens is 507 g/mol. The molecule has 2 unspecified atom stereocenters. The number of ether oxygens (including phenoxy) is 1. The summed E-state index contributed by atoms with van der Waals surface area (Å²) < 4.78 is 19.8. The number of unbranched alkanes of at least 4 members (excludes halogenated alkanes) is 2. The Hall–Kier alpha value is -1.71. The number of hydrogen-bond acceptors (Lipinski definition) is 3. The van der Waals surface area contributed by atoms with Gasteiger partial charge in [0, 0.05) is 11.8 Å². The summed E-state index contributed by atoms with van der Waals surface area (Å²) in [5.74, 6) is 4.73. The topological polar surface area (TPSA) is 61.3 Å². The Labute approximate surface area is 252 Å². The van der Waals surface area contributed by atoms with Crippen LogP contribution in [-0.2, 0) is 0 Å². The minimum Gasteiger partial charge on any atom is -0.488 e. The van der Waals surface area contributed by atoms with E-state index in [9.17, 15) is 4.39 Å². The fraction of sp³-hybridized carbons (Fsp3) is 0.784. The van der Waals surface area contributed by atoms with Crippen molar-refractivity contribution in [1.82, 2.24) is 0 Å². The molecule has 2 saturated carbocycles. The van der Waals surface area contributed by atoms with Crippen LogP contribution in [0.5, 0.6) is 5.75 Å². The first kappa shape index (κ1) is 33.8. The van der Waals surface area contributed by atoms with Crippen LogP contribution in [0, 0.1) is 41.3 Å². The van der Waals surface area contributed by atoms with Crippen LogP contribution in [0.15, 0.2) is 24.3 Å². The van der Waals surface area contributed by atoms with E-state index in [1.807, 2.05) is 0 Å². The first-order valence-corrected chi connectivity index (χ1v) is 17.5. The van der Waals surface area contributed by atoms with Gasteiger partial charge in [-0.3, -0.25) is 0 Å². The zero-order valence-corrected chi connectivity index (χ0v) is 26.9. The summed E-state index contributed by atoms with van der Waals surface area (Å²) in [7, 11) is 0. The monoisotopic (exact) mass is 570 g/mol. The second-order valence-electron chi connectivity index (χ2n) is 13.9. The van der Waals surface area contributed by atoms with Crippen molar-refractivity contribution >= 4 is 11.4 Å². The molecule has 0 heterocycles. The Bertz CT molecular complexity index is 847. The van der Waals surface area contributed by atoms with Crippen LogP contribution in [0.1, 0.15) is 143 Å². The van der Waals surface area contributed by atoms with E-state index >= 15 is 0 Å². The molecule has 1 aromatic rings. The molecule has 2 aliphatic rings. The zero-order valence-electron chi connectivity index (χ0n) is 26.9. The largest absolute Gasteiger partial charge is 0.488 e. The summed E-state index contributed by atoms with van der Waals surface area (Å²) in [5.41, 5.74) is 12.2. The second-order valence-corrected chi connectivity index (χ2v) is 13.9. The number of anilines is 2. The maximum absolute atomic E-state index is 14.1. The molecule has 234 valence electrons. The Morgan fingerprint density at radius 2 is 1.44 bits per heavy atom. The van der Waals surface area contributed by atoms with Crippen LogP contribution >= 0.6 is 0 Å². The van der Waals surface area contributed by atoms with Gasteiger partial charge in [0.25, 0.3) is 0 Å². The third kappa shape index (κ3) is 12.6. The molecule has 0 bridgehead atoms. The van der Waals surface area contributed by atoms with Crippen molar-refractivity contribution in [2.45, 2.75) is 143 Å². The first-order chi connectivity index (χ1) is 19.9. The van der Waals surface area contributed by atoms with Gasteiger partial charge in [-0.15, -0.1) is 0 Å². The average Bonchev–Trinajstić information content (AvgIpc) is 2.96. The van der Waals surface area contributed by atoms with Crippen LogP contribution < -0.4 is 16.2 Å². The highest BCUT2D eigenvalue weighted by molar-refractivity contribution is 5.61. The molecule has 0 aliphatic heterocycles. The molecular formula is C37H63FN2O. The number of halogens is 1. The lowest BCUT2D eigenvalue weighted by molar-refractivity contribution is 0.236. The number of allylic oxidation sites excluding steroid dienone is 2. The smallest absolute Gasteiger partial charge is 0.177 e. The Morgan fingerprint density at radius 1 is 0.805 bits per heavy atom. The third-order valence-corrected chi connectivity index (χ3v) is 10.5. The lowest BCUT2D eigenvalue weighted by atomic mass is 9.76. The number of benzene rings is 1. The molecule has 2 fully saturated rings. The van der Waals surface area contributed by atoms with Crippen molar-refractivity contribution < 1.29 is 9.13 Å². The Balaban J connectivity index is 1.23. The summed E-state index contributed by atoms with van der Waals surface area (Å²) in [6.07, 6.45) is 31.1. The normalized spacial score (nSPS) is 24.9. The van der Waals surface area contributed by atoms with Crippen molar-refractivity contribution in [3.05, 3.63) is 30.1 Å². The highest BCUT2D eigenvalue weighted by atomic mass is 19.1. The number of rotatable bonds is 18. The molecule has 0 radical (unpaired) electrons. The minimum absolute atomic E-state index is 0.145. The van der Waals surface area contributed by atoms with Crippen LogP contribution in [0.4, 0.5) is 15.8 Å². The summed E-state index contributed by atoms with van der Waals surface area (Å²) in [4.78, 5) is 0. The standard InChI is InChI=1S/C37H63FN2O/c1-4-9-28(3)10-7-6-8-11-30-14-16-32(17-15-30)22-23-33-20-18-31(19-21-33)13-12-29(5-2)24-25-41-37-35(38)26-34(39)27-36(37)40/h22-23,26-33H,4-21,24-25,39-40H2,1-3H3. The predicted molar refractivity (Wildman–Crippen MR) is 176 cm³/mol. The van der Waals surface area contributed by atoms with E-state index in [2.05, 4.69) is 32.9 Å². The van der Waals surface area contributed by atoms with Gasteiger partial charge in [-0.05, 0) is 99.4 Å². The molecule has 0 spiro atoms. The van der Waals surface area contributed by atoms with Crippen LogP contribution in [0.3, 0.4) is 0 Å². The molecule has 3 nitrogen and oxygen atoms in total. The second kappa shape index (κ2) is 18.7. The van der Waals surface area contributed by atoms with E-state index in [4.69, 9.17) is 16.2 Å². The van der Waals surface area contributed by atoms with Crippen LogP contribution in [-0.4, -0.2) is 6.61 Å². The molecule has 0 saturated heterocycles. The Morgan fingerprint density at radius 3 is 2.02 bits per heavy atom. The quantitative estimate of drug-likeness (QED) is 0.105. The van der Waals surface area contributed by atoms with Crippen molar-refractivity contribution in [2.75, 3.05) is 18.1 Å². The summed E-state index contributed by atoms with van der Waals surface area (Å²) in [5, 5.41) is 0. The average molecular weight is 571 g/mol. The van der Waals surface area contributed by atoms with E-state index in [0.29, 0.717) is 18.2 Å². The molecule has 4 heteroatoms. The van der Waals surface area contributed by atoms with Crippen molar-refractivity contribution in [3.63, 3.8) is 0 Å². The van der Waals surface area contributed by atoms with Gasteiger partial charge >= 0.3 is 0 Å². The molecule has 3 rings (SSSR count). The SMILES string of the molecule is CCCC(C)CCCCCC1CCC(C=CC2CCC(CCC(CC)CCOc3c(N)cc(N)cc3F)CC2)CC1. The van der Waals surface area contributed by atoms with Crippen molar-refractivity contribution in [2.24, 2.45) is 35.5 Å². The van der Waals surface area contributed by atoms with E-state index < -0.39 is 5.82 Å². The molecule has 41 heavy (non-hydrogen) atoms. The highest BCUT2D eigenvalue weighted by Crippen LogP contribution is 2.37. The minimum atomic E-state index is -0.470. The van der Waals surface area contributed by atoms with Crippen molar-refractivity contribution in [3.8, 4) is 5.75 Å². The maximum atomic E-state index is 14.1. The molecule has 2 aliphatic carbocycles. The molecule has 0 amide bonds. The molecule has 2 atom stereocenters. The van der Waals surface area contributed by atoms with Gasteiger partial charge < -0.3 is 16.2 Å². The highest BCUT2D eigenvalue weighted by Gasteiger charge is 2.23. The molecule has 0 aromatic heterocycles. The van der Waals surface area contributed by atoms with Crippen LogP contribution in [0.25, 0.3) is 0 Å². The van der Waals surface area contributed by atoms with Crippen molar-refractivity contribution in [1.29, 1.82) is 0 Å². The van der Waals surface area contributed by atoms with E-state index in [-0.39, 0.29) is 11.4 Å².